The lowest BCUT2D eigenvalue weighted by Gasteiger charge is -2.15. The molecule has 0 unspecified atom stereocenters. The molecule has 154 valence electrons. The predicted molar refractivity (Wildman–Crippen MR) is 114 cm³/mol. The number of methoxy groups -OCH3 is 1. The number of carbonyl (C=O) groups excluding carboxylic acids is 1. The van der Waals surface area contributed by atoms with Crippen LogP contribution in [0.5, 0.6) is 5.75 Å². The van der Waals surface area contributed by atoms with E-state index in [-0.39, 0.29) is 17.7 Å². The number of ether oxygens (including phenoxy) is 1. The fraction of sp³-hybridized carbons (Fsp3) is 0.400. The second-order valence-electron chi connectivity index (χ2n) is 7.79. The highest BCUT2D eigenvalue weighted by Gasteiger charge is 2.21. The Labute approximate surface area is 174 Å². The van der Waals surface area contributed by atoms with Crippen molar-refractivity contribution < 1.29 is 9.53 Å². The van der Waals surface area contributed by atoms with Crippen molar-refractivity contribution in [2.45, 2.75) is 39.5 Å². The van der Waals surface area contributed by atoms with Crippen molar-refractivity contribution in [3.05, 3.63) is 40.7 Å². The van der Waals surface area contributed by atoms with E-state index in [0.29, 0.717) is 34.5 Å². The van der Waals surface area contributed by atoms with Gasteiger partial charge in [0.05, 0.1) is 12.8 Å². The summed E-state index contributed by atoms with van der Waals surface area (Å²) in [5.41, 5.74) is 1.96. The summed E-state index contributed by atoms with van der Waals surface area (Å²) in [6.45, 7) is 8.47. The zero-order valence-electron chi connectivity index (χ0n) is 17.2. The molecule has 0 saturated heterocycles. The van der Waals surface area contributed by atoms with Crippen molar-refractivity contribution >= 4 is 34.7 Å². The minimum atomic E-state index is -0.180. The summed E-state index contributed by atoms with van der Waals surface area (Å²) in [6.07, 6.45) is 0.263. The molecule has 0 spiro atoms. The second-order valence-corrected chi connectivity index (χ2v) is 8.20. The highest BCUT2D eigenvalue weighted by Crippen LogP contribution is 2.31. The van der Waals surface area contributed by atoms with Gasteiger partial charge in [0, 0.05) is 29.5 Å². The Hall–Kier alpha value is -2.87. The molecule has 2 heterocycles. The number of hydrogen-bond acceptors (Lipinski definition) is 6. The Balaban J connectivity index is 1.63. The number of nitrogens with zero attached hydrogens (tertiary/aromatic N) is 4. The average molecular weight is 417 g/mol. The third-order valence-corrected chi connectivity index (χ3v) is 4.75. The molecule has 2 aromatic heterocycles. The average Bonchev–Trinajstić information content (AvgIpc) is 3.08. The van der Waals surface area contributed by atoms with Gasteiger partial charge in [-0.2, -0.15) is 4.52 Å². The van der Waals surface area contributed by atoms with E-state index in [0.717, 1.165) is 11.4 Å². The lowest BCUT2D eigenvalue weighted by Crippen LogP contribution is -2.19. The number of amides is 1. The van der Waals surface area contributed by atoms with Crippen LogP contribution in [-0.4, -0.2) is 39.4 Å². The van der Waals surface area contributed by atoms with E-state index < -0.39 is 0 Å². The number of anilines is 2. The summed E-state index contributed by atoms with van der Waals surface area (Å²) in [7, 11) is 1.54. The van der Waals surface area contributed by atoms with Gasteiger partial charge in [-0.05, 0) is 30.7 Å². The Kier molecular flexibility index (Phi) is 5.93. The van der Waals surface area contributed by atoms with E-state index in [2.05, 4.69) is 46.7 Å². The molecule has 8 nitrogen and oxygen atoms in total. The first kappa shape index (κ1) is 20.9. The summed E-state index contributed by atoms with van der Waals surface area (Å²) in [5.74, 6) is 1.81. The van der Waals surface area contributed by atoms with Crippen LogP contribution in [0.15, 0.2) is 24.3 Å². The minimum absolute atomic E-state index is 0.140. The summed E-state index contributed by atoms with van der Waals surface area (Å²) < 4.78 is 7.01. The summed E-state index contributed by atoms with van der Waals surface area (Å²) in [5, 5.41) is 19.5. The van der Waals surface area contributed by atoms with Crippen molar-refractivity contribution in [3.63, 3.8) is 0 Å². The Morgan fingerprint density at radius 1 is 1.24 bits per heavy atom. The van der Waals surface area contributed by atoms with Gasteiger partial charge in [-0.3, -0.25) is 4.79 Å². The van der Waals surface area contributed by atoms with Gasteiger partial charge in [-0.15, -0.1) is 15.3 Å². The van der Waals surface area contributed by atoms with Crippen LogP contribution in [-0.2, 0) is 10.2 Å². The second kappa shape index (κ2) is 8.24. The maximum Gasteiger partial charge on any atom is 0.226 e. The summed E-state index contributed by atoms with van der Waals surface area (Å²) in [6, 6.07) is 7.15. The van der Waals surface area contributed by atoms with Crippen molar-refractivity contribution in [1.82, 2.24) is 19.8 Å². The maximum absolute atomic E-state index is 12.3. The normalized spacial score (nSPS) is 11.5. The van der Waals surface area contributed by atoms with Crippen LogP contribution in [0.1, 0.15) is 38.6 Å². The number of fused-ring (bicyclic) bond motifs is 1. The van der Waals surface area contributed by atoms with Gasteiger partial charge in [0.1, 0.15) is 11.6 Å². The molecule has 1 amide bonds. The molecule has 0 bridgehead atoms. The van der Waals surface area contributed by atoms with Crippen molar-refractivity contribution in [3.8, 4) is 5.75 Å². The van der Waals surface area contributed by atoms with Crippen LogP contribution in [0.4, 0.5) is 11.5 Å². The predicted octanol–water partition coefficient (Wildman–Crippen LogP) is 3.83. The van der Waals surface area contributed by atoms with Gasteiger partial charge in [0.2, 0.25) is 5.91 Å². The fourth-order valence-corrected chi connectivity index (χ4v) is 2.95. The van der Waals surface area contributed by atoms with Gasteiger partial charge in [-0.1, -0.05) is 32.4 Å². The highest BCUT2D eigenvalue weighted by atomic mass is 35.5. The topological polar surface area (TPSA) is 93.4 Å². The molecule has 2 N–H and O–H groups in total. The van der Waals surface area contributed by atoms with Crippen LogP contribution in [0.2, 0.25) is 5.02 Å². The third kappa shape index (κ3) is 4.76. The zero-order chi connectivity index (χ0) is 21.2. The van der Waals surface area contributed by atoms with Gasteiger partial charge in [0.15, 0.2) is 11.5 Å². The molecule has 1 aromatic carbocycles. The maximum atomic E-state index is 12.3. The molecular formula is C20H25ClN6O2. The van der Waals surface area contributed by atoms with Crippen molar-refractivity contribution in [2.75, 3.05) is 24.3 Å². The zero-order valence-corrected chi connectivity index (χ0v) is 18.0. The van der Waals surface area contributed by atoms with Crippen LogP contribution < -0.4 is 15.4 Å². The van der Waals surface area contributed by atoms with Crippen molar-refractivity contribution in [1.29, 1.82) is 0 Å². The quantitative estimate of drug-likeness (QED) is 0.634. The first-order valence-electron chi connectivity index (χ1n) is 9.30. The molecule has 0 aliphatic carbocycles. The SMILES string of the molecule is COc1cc(Cl)c(C)cc1NC(=O)CCNc1ccc2nnc(C(C)(C)C)n2n1. The first-order chi connectivity index (χ1) is 13.7. The van der Waals surface area contributed by atoms with E-state index in [1.165, 1.54) is 7.11 Å². The van der Waals surface area contributed by atoms with Crippen LogP contribution in [0, 0.1) is 6.92 Å². The van der Waals surface area contributed by atoms with Crippen LogP contribution >= 0.6 is 11.6 Å². The van der Waals surface area contributed by atoms with Gasteiger partial charge in [-0.25, -0.2) is 0 Å². The molecule has 3 rings (SSSR count). The number of nitrogens with one attached hydrogen (secondary N) is 2. The molecule has 29 heavy (non-hydrogen) atoms. The Morgan fingerprint density at radius 3 is 2.69 bits per heavy atom. The number of halogens is 1. The Morgan fingerprint density at radius 2 is 2.00 bits per heavy atom. The lowest BCUT2D eigenvalue weighted by molar-refractivity contribution is -0.116. The van der Waals surface area contributed by atoms with Gasteiger partial charge >= 0.3 is 0 Å². The fourth-order valence-electron chi connectivity index (χ4n) is 2.80. The van der Waals surface area contributed by atoms with Crippen molar-refractivity contribution in [2.24, 2.45) is 0 Å². The summed E-state index contributed by atoms with van der Waals surface area (Å²) in [4.78, 5) is 12.3. The van der Waals surface area contributed by atoms with E-state index in [4.69, 9.17) is 16.3 Å². The number of carbonyl (C=O) groups is 1. The molecule has 0 atom stereocenters. The molecule has 9 heteroatoms. The van der Waals surface area contributed by atoms with E-state index in [1.54, 1.807) is 16.6 Å². The smallest absolute Gasteiger partial charge is 0.226 e. The molecule has 0 aliphatic heterocycles. The number of aromatic nitrogens is 4. The molecule has 0 fully saturated rings. The largest absolute Gasteiger partial charge is 0.495 e. The third-order valence-electron chi connectivity index (χ3n) is 4.35. The molecule has 0 radical (unpaired) electrons. The number of rotatable bonds is 6. The number of benzene rings is 1. The van der Waals surface area contributed by atoms with E-state index in [9.17, 15) is 4.79 Å². The number of aryl methyl sites for hydroxylation is 1. The van der Waals surface area contributed by atoms with Crippen LogP contribution in [0.3, 0.4) is 0 Å². The molecular weight excluding hydrogens is 392 g/mol. The Bertz CT molecular complexity index is 1040. The standard InChI is InChI=1S/C20H25ClN6O2/c1-12-10-14(15(29-5)11-13(12)21)23-18(28)8-9-22-16-6-7-17-24-25-19(20(2,3)4)27(17)26-16/h6-7,10-11H,8-9H2,1-5H3,(H,22,26)(H,23,28). The highest BCUT2D eigenvalue weighted by molar-refractivity contribution is 6.31. The molecule has 3 aromatic rings. The van der Waals surface area contributed by atoms with Gasteiger partial charge in [0.25, 0.3) is 0 Å². The molecule has 0 aliphatic rings. The lowest BCUT2D eigenvalue weighted by atomic mass is 9.96. The van der Waals surface area contributed by atoms with Gasteiger partial charge < -0.3 is 15.4 Å². The van der Waals surface area contributed by atoms with Crippen LogP contribution in [0.25, 0.3) is 5.65 Å². The van der Waals surface area contributed by atoms with E-state index in [1.807, 2.05) is 19.1 Å². The molecule has 0 saturated carbocycles. The number of hydrogen-bond donors (Lipinski definition) is 2. The summed E-state index contributed by atoms with van der Waals surface area (Å²) >= 11 is 6.10. The monoisotopic (exact) mass is 416 g/mol. The minimum Gasteiger partial charge on any atom is -0.495 e. The van der Waals surface area contributed by atoms with E-state index >= 15 is 0 Å². The first-order valence-corrected chi connectivity index (χ1v) is 9.67.